The second kappa shape index (κ2) is 6.69. The second-order valence-corrected chi connectivity index (χ2v) is 6.56. The molecule has 0 aliphatic rings. The van der Waals surface area contributed by atoms with Gasteiger partial charge in [-0.3, -0.25) is 14.8 Å². The van der Waals surface area contributed by atoms with Gasteiger partial charge in [0.05, 0.1) is 18.4 Å². The summed E-state index contributed by atoms with van der Waals surface area (Å²) in [5, 5.41) is 9.59. The Bertz CT molecular complexity index is 1210. The number of ether oxygens (including phenoxy) is 1. The summed E-state index contributed by atoms with van der Waals surface area (Å²) in [5.41, 5.74) is 1.10. The van der Waals surface area contributed by atoms with E-state index in [1.807, 2.05) is 12.1 Å². The van der Waals surface area contributed by atoms with Crippen LogP contribution in [-0.2, 0) is 7.05 Å². The van der Waals surface area contributed by atoms with E-state index < -0.39 is 11.5 Å². The van der Waals surface area contributed by atoms with Gasteiger partial charge in [0.1, 0.15) is 11.1 Å². The summed E-state index contributed by atoms with van der Waals surface area (Å²) in [5.74, 6) is -0.173. The molecule has 1 N–H and O–H groups in total. The number of amides is 1. The standard InChI is InChI=1S/C18H14N4O4S/c1-22-8-12(16(21-22)25-2)15(23)20-18-19-13(9-27-18)11-7-10-5-3-4-6-14(10)26-17(11)24/h3-9H,1-2H3,(H,19,20,23). The van der Waals surface area contributed by atoms with Crippen molar-refractivity contribution in [2.75, 3.05) is 12.4 Å². The monoisotopic (exact) mass is 382 g/mol. The summed E-state index contributed by atoms with van der Waals surface area (Å²) in [6.45, 7) is 0. The minimum absolute atomic E-state index is 0.224. The predicted octanol–water partition coefficient (Wildman–Crippen LogP) is 2.91. The summed E-state index contributed by atoms with van der Waals surface area (Å²) in [6.07, 6.45) is 1.56. The van der Waals surface area contributed by atoms with E-state index in [-0.39, 0.29) is 5.88 Å². The number of carbonyl (C=O) groups excluding carboxylic acids is 1. The molecular formula is C18H14N4O4S. The third-order valence-electron chi connectivity index (χ3n) is 3.87. The Kier molecular flexibility index (Phi) is 4.21. The number of methoxy groups -OCH3 is 1. The number of aromatic nitrogens is 3. The zero-order chi connectivity index (χ0) is 19.0. The number of aryl methyl sites for hydroxylation is 1. The van der Waals surface area contributed by atoms with Crippen LogP contribution < -0.4 is 15.7 Å². The van der Waals surface area contributed by atoms with Crippen molar-refractivity contribution >= 4 is 33.3 Å². The zero-order valence-corrected chi connectivity index (χ0v) is 15.2. The minimum atomic E-state index is -0.481. The number of nitrogens with zero attached hydrogens (tertiary/aromatic N) is 3. The largest absolute Gasteiger partial charge is 0.479 e. The number of anilines is 1. The van der Waals surface area contributed by atoms with E-state index in [0.717, 1.165) is 5.39 Å². The summed E-state index contributed by atoms with van der Waals surface area (Å²) >= 11 is 1.21. The Balaban J connectivity index is 1.63. The lowest BCUT2D eigenvalue weighted by atomic mass is 10.1. The number of thiazole rings is 1. The fourth-order valence-corrected chi connectivity index (χ4v) is 3.34. The topological polar surface area (TPSA) is 99.2 Å². The third-order valence-corrected chi connectivity index (χ3v) is 4.63. The lowest BCUT2D eigenvalue weighted by molar-refractivity contribution is 0.102. The first-order valence-corrected chi connectivity index (χ1v) is 8.81. The molecule has 3 aromatic heterocycles. The van der Waals surface area contributed by atoms with Gasteiger partial charge in [-0.25, -0.2) is 9.78 Å². The number of rotatable bonds is 4. The van der Waals surface area contributed by atoms with E-state index in [9.17, 15) is 9.59 Å². The smallest absolute Gasteiger partial charge is 0.345 e. The molecule has 0 atom stereocenters. The van der Waals surface area contributed by atoms with E-state index in [1.165, 1.54) is 23.1 Å². The highest BCUT2D eigenvalue weighted by Gasteiger charge is 2.18. The number of carbonyl (C=O) groups is 1. The molecule has 3 heterocycles. The molecule has 0 radical (unpaired) electrons. The molecule has 136 valence electrons. The van der Waals surface area contributed by atoms with E-state index in [2.05, 4.69) is 15.4 Å². The summed E-state index contributed by atoms with van der Waals surface area (Å²) in [6, 6.07) is 8.97. The summed E-state index contributed by atoms with van der Waals surface area (Å²) < 4.78 is 11.9. The van der Waals surface area contributed by atoms with Gasteiger partial charge in [-0.1, -0.05) is 18.2 Å². The fourth-order valence-electron chi connectivity index (χ4n) is 2.63. The van der Waals surface area contributed by atoms with Crippen molar-refractivity contribution < 1.29 is 13.9 Å². The lowest BCUT2D eigenvalue weighted by Crippen LogP contribution is -2.12. The first kappa shape index (κ1) is 17.0. The van der Waals surface area contributed by atoms with Crippen molar-refractivity contribution in [3.05, 3.63) is 57.9 Å². The third kappa shape index (κ3) is 3.20. The van der Waals surface area contributed by atoms with Crippen molar-refractivity contribution in [2.45, 2.75) is 0 Å². The quantitative estimate of drug-likeness (QED) is 0.545. The number of benzene rings is 1. The van der Waals surface area contributed by atoms with Crippen molar-refractivity contribution in [3.63, 3.8) is 0 Å². The highest BCUT2D eigenvalue weighted by atomic mass is 32.1. The molecule has 4 rings (SSSR count). The first-order valence-electron chi connectivity index (χ1n) is 7.93. The van der Waals surface area contributed by atoms with Gasteiger partial charge in [-0.2, -0.15) is 0 Å². The van der Waals surface area contributed by atoms with Crippen LogP contribution in [0, 0.1) is 0 Å². The van der Waals surface area contributed by atoms with Gasteiger partial charge < -0.3 is 9.15 Å². The van der Waals surface area contributed by atoms with Crippen LogP contribution in [0.15, 0.2) is 51.1 Å². The zero-order valence-electron chi connectivity index (χ0n) is 14.4. The Labute approximate surface area is 157 Å². The van der Waals surface area contributed by atoms with Crippen molar-refractivity contribution in [1.82, 2.24) is 14.8 Å². The van der Waals surface area contributed by atoms with Gasteiger partial charge in [0, 0.05) is 24.0 Å². The van der Waals surface area contributed by atoms with Crippen LogP contribution in [0.2, 0.25) is 0 Å². The van der Waals surface area contributed by atoms with Gasteiger partial charge in [0.15, 0.2) is 5.13 Å². The fraction of sp³-hybridized carbons (Fsp3) is 0.111. The molecule has 27 heavy (non-hydrogen) atoms. The molecule has 0 saturated heterocycles. The van der Waals surface area contributed by atoms with Gasteiger partial charge >= 0.3 is 5.63 Å². The number of hydrogen-bond acceptors (Lipinski definition) is 7. The van der Waals surface area contributed by atoms with Crippen LogP contribution in [0.1, 0.15) is 10.4 Å². The molecule has 0 fully saturated rings. The first-order chi connectivity index (χ1) is 13.0. The molecule has 9 heteroatoms. The Morgan fingerprint density at radius 3 is 2.96 bits per heavy atom. The average molecular weight is 382 g/mol. The van der Waals surface area contributed by atoms with Gasteiger partial charge in [0.25, 0.3) is 5.91 Å². The number of fused-ring (bicyclic) bond motifs is 1. The Hall–Kier alpha value is -3.46. The predicted molar refractivity (Wildman–Crippen MR) is 101 cm³/mol. The number of nitrogens with one attached hydrogen (secondary N) is 1. The number of hydrogen-bond donors (Lipinski definition) is 1. The van der Waals surface area contributed by atoms with Gasteiger partial charge in [-0.05, 0) is 12.1 Å². The van der Waals surface area contributed by atoms with Crippen molar-refractivity contribution in [3.8, 4) is 17.1 Å². The summed E-state index contributed by atoms with van der Waals surface area (Å²) in [7, 11) is 3.14. The van der Waals surface area contributed by atoms with Crippen LogP contribution >= 0.6 is 11.3 Å². The van der Waals surface area contributed by atoms with Crippen LogP contribution in [-0.4, -0.2) is 27.8 Å². The molecule has 0 aliphatic heterocycles. The van der Waals surface area contributed by atoms with Crippen LogP contribution in [0.3, 0.4) is 0 Å². The Morgan fingerprint density at radius 2 is 2.15 bits per heavy atom. The highest BCUT2D eigenvalue weighted by molar-refractivity contribution is 7.14. The van der Waals surface area contributed by atoms with Gasteiger partial charge in [-0.15, -0.1) is 16.4 Å². The maximum absolute atomic E-state index is 12.4. The molecule has 0 saturated carbocycles. The van der Waals surface area contributed by atoms with E-state index in [1.54, 1.807) is 36.8 Å². The van der Waals surface area contributed by atoms with Crippen LogP contribution in [0.5, 0.6) is 5.88 Å². The molecule has 1 amide bonds. The SMILES string of the molecule is COc1nn(C)cc1C(=O)Nc1nc(-c2cc3ccccc3oc2=O)cs1. The van der Waals surface area contributed by atoms with E-state index in [0.29, 0.717) is 27.5 Å². The Morgan fingerprint density at radius 1 is 1.33 bits per heavy atom. The molecule has 4 aromatic rings. The van der Waals surface area contributed by atoms with E-state index >= 15 is 0 Å². The maximum Gasteiger partial charge on any atom is 0.345 e. The maximum atomic E-state index is 12.4. The minimum Gasteiger partial charge on any atom is -0.479 e. The molecule has 0 unspecified atom stereocenters. The van der Waals surface area contributed by atoms with Crippen LogP contribution in [0.25, 0.3) is 22.2 Å². The summed E-state index contributed by atoms with van der Waals surface area (Å²) in [4.78, 5) is 29.0. The number of para-hydroxylation sites is 1. The molecule has 0 aliphatic carbocycles. The highest BCUT2D eigenvalue weighted by Crippen LogP contribution is 2.26. The van der Waals surface area contributed by atoms with Gasteiger partial charge in [0.2, 0.25) is 5.88 Å². The van der Waals surface area contributed by atoms with Crippen LogP contribution in [0.4, 0.5) is 5.13 Å². The van der Waals surface area contributed by atoms with Crippen molar-refractivity contribution in [1.29, 1.82) is 0 Å². The molecule has 0 bridgehead atoms. The second-order valence-electron chi connectivity index (χ2n) is 5.70. The average Bonchev–Trinajstić information content (AvgIpc) is 3.27. The van der Waals surface area contributed by atoms with E-state index in [4.69, 9.17) is 9.15 Å². The molecular weight excluding hydrogens is 368 g/mol. The lowest BCUT2D eigenvalue weighted by Gasteiger charge is -2.01. The molecule has 0 spiro atoms. The normalized spacial score (nSPS) is 10.9. The molecule has 1 aromatic carbocycles. The molecule has 8 nitrogen and oxygen atoms in total. The van der Waals surface area contributed by atoms with Crippen molar-refractivity contribution in [2.24, 2.45) is 7.05 Å².